The maximum Gasteiger partial charge on any atom is 0.225 e. The number of aliphatic hydroxyl groups is 1. The van der Waals surface area contributed by atoms with Gasteiger partial charge in [0, 0.05) is 23.6 Å². The molecule has 5 nitrogen and oxygen atoms in total. The molecule has 0 radical (unpaired) electrons. The van der Waals surface area contributed by atoms with E-state index >= 15 is 0 Å². The van der Waals surface area contributed by atoms with Gasteiger partial charge >= 0.3 is 0 Å². The van der Waals surface area contributed by atoms with Crippen molar-refractivity contribution in [3.63, 3.8) is 0 Å². The highest BCUT2D eigenvalue weighted by atomic mass is 16.3. The summed E-state index contributed by atoms with van der Waals surface area (Å²) in [6, 6.07) is 12.2. The van der Waals surface area contributed by atoms with E-state index in [1.54, 1.807) is 12.5 Å². The lowest BCUT2D eigenvalue weighted by Crippen LogP contribution is -2.10. The smallest absolute Gasteiger partial charge is 0.225 e. The van der Waals surface area contributed by atoms with Crippen LogP contribution >= 0.6 is 0 Å². The van der Waals surface area contributed by atoms with Crippen LogP contribution in [0.25, 0.3) is 22.4 Å². The van der Waals surface area contributed by atoms with E-state index in [1.807, 2.05) is 36.8 Å². The van der Waals surface area contributed by atoms with Crippen LogP contribution in [0.4, 0.5) is 0 Å². The average Bonchev–Trinajstić information content (AvgIpc) is 3.31. The van der Waals surface area contributed by atoms with Gasteiger partial charge in [0.2, 0.25) is 5.71 Å². The van der Waals surface area contributed by atoms with Crippen molar-refractivity contribution in [2.24, 2.45) is 0 Å². The van der Waals surface area contributed by atoms with Gasteiger partial charge in [-0.2, -0.15) is 0 Å². The fourth-order valence-corrected chi connectivity index (χ4v) is 3.58. The van der Waals surface area contributed by atoms with Gasteiger partial charge in [-0.05, 0) is 23.3 Å². The van der Waals surface area contributed by atoms with Crippen molar-refractivity contribution in [1.82, 2.24) is 14.5 Å². The molecule has 1 aromatic carbocycles. The predicted octanol–water partition coefficient (Wildman–Crippen LogP) is 3.72. The zero-order valence-corrected chi connectivity index (χ0v) is 12.8. The second kappa shape index (κ2) is 5.04. The summed E-state index contributed by atoms with van der Waals surface area (Å²) in [7, 11) is 0. The fraction of sp³-hybridized carbons (Fsp3) is 0.158. The fourth-order valence-electron chi connectivity index (χ4n) is 3.58. The largest absolute Gasteiger partial charge is 0.446 e. The molecule has 24 heavy (non-hydrogen) atoms. The summed E-state index contributed by atoms with van der Waals surface area (Å²) in [6.45, 7) is 0. The van der Waals surface area contributed by atoms with Gasteiger partial charge in [-0.15, -0.1) is 0 Å². The molecule has 118 valence electrons. The molecule has 0 fully saturated rings. The lowest BCUT2D eigenvalue weighted by atomic mass is 9.96. The minimum absolute atomic E-state index is 0.0775. The number of hydrogen-bond donors (Lipinski definition) is 1. The Balaban J connectivity index is 1.51. The normalized spacial score (nSPS) is 17.0. The Bertz CT molecular complexity index is 1030. The number of nitrogens with zero attached hydrogens (tertiary/aromatic N) is 3. The molecule has 5 rings (SSSR count). The van der Waals surface area contributed by atoms with Gasteiger partial charge in [0.15, 0.2) is 0 Å². The van der Waals surface area contributed by atoms with Crippen LogP contribution in [0.3, 0.4) is 0 Å². The average molecular weight is 317 g/mol. The van der Waals surface area contributed by atoms with E-state index in [4.69, 9.17) is 4.42 Å². The molecule has 3 aromatic heterocycles. The highest BCUT2D eigenvalue weighted by molar-refractivity contribution is 5.73. The Kier molecular flexibility index (Phi) is 2.84. The predicted molar refractivity (Wildman–Crippen MR) is 89.4 cm³/mol. The molecule has 1 N–H and O–H groups in total. The maximum absolute atomic E-state index is 10.8. The number of aliphatic hydroxyl groups excluding tert-OH is 1. The number of pyridine rings is 1. The van der Waals surface area contributed by atoms with Crippen LogP contribution in [0.15, 0.2) is 65.8 Å². The number of furan rings is 1. The topological polar surface area (TPSA) is 64.1 Å². The van der Waals surface area contributed by atoms with Crippen LogP contribution in [0.1, 0.15) is 29.7 Å². The molecule has 4 aromatic rings. The molecule has 0 amide bonds. The van der Waals surface area contributed by atoms with Crippen molar-refractivity contribution in [3.05, 3.63) is 72.5 Å². The van der Waals surface area contributed by atoms with Gasteiger partial charge in [-0.3, -0.25) is 0 Å². The summed E-state index contributed by atoms with van der Waals surface area (Å²) < 4.78 is 7.40. The highest BCUT2D eigenvalue weighted by Gasteiger charge is 2.30. The van der Waals surface area contributed by atoms with E-state index in [-0.39, 0.29) is 6.04 Å². The summed E-state index contributed by atoms with van der Waals surface area (Å²) in [5.74, 6) is 0. The molecule has 2 atom stereocenters. The Labute approximate surface area is 138 Å². The van der Waals surface area contributed by atoms with Crippen molar-refractivity contribution < 1.29 is 9.52 Å². The first kappa shape index (κ1) is 13.5. The molecule has 4 heterocycles. The van der Waals surface area contributed by atoms with Crippen LogP contribution < -0.4 is 0 Å². The minimum Gasteiger partial charge on any atom is -0.446 e. The third-order valence-corrected chi connectivity index (χ3v) is 4.76. The molecule has 0 spiro atoms. The first-order valence-corrected chi connectivity index (χ1v) is 7.93. The quantitative estimate of drug-likeness (QED) is 0.625. The number of aromatic nitrogens is 3. The monoisotopic (exact) mass is 317 g/mol. The number of imidazole rings is 1. The number of hydrogen-bond acceptors (Lipinski definition) is 4. The van der Waals surface area contributed by atoms with E-state index in [9.17, 15) is 5.11 Å². The molecular formula is C19H15N3O2. The van der Waals surface area contributed by atoms with Crippen LogP contribution in [0, 0.1) is 0 Å². The van der Waals surface area contributed by atoms with Crippen molar-refractivity contribution in [2.75, 3.05) is 0 Å². The first-order chi connectivity index (χ1) is 11.8. The second-order valence-corrected chi connectivity index (χ2v) is 6.12. The van der Waals surface area contributed by atoms with E-state index in [2.05, 4.69) is 26.7 Å². The third kappa shape index (κ3) is 1.91. The number of rotatable bonds is 3. The summed E-state index contributed by atoms with van der Waals surface area (Å²) in [4.78, 5) is 8.53. The molecule has 5 heteroatoms. The Hall–Kier alpha value is -2.92. The zero-order valence-electron chi connectivity index (χ0n) is 12.8. The van der Waals surface area contributed by atoms with Gasteiger partial charge in [-0.1, -0.05) is 24.3 Å². The number of benzene rings is 1. The zero-order chi connectivity index (χ0) is 16.1. The molecule has 2 unspecified atom stereocenters. The summed E-state index contributed by atoms with van der Waals surface area (Å²) in [5, 5.41) is 11.7. The van der Waals surface area contributed by atoms with Gasteiger partial charge in [-0.25, -0.2) is 9.97 Å². The van der Waals surface area contributed by atoms with Gasteiger partial charge < -0.3 is 14.1 Å². The van der Waals surface area contributed by atoms with Crippen molar-refractivity contribution in [2.45, 2.75) is 18.6 Å². The minimum atomic E-state index is -0.608. The van der Waals surface area contributed by atoms with Gasteiger partial charge in [0.25, 0.3) is 0 Å². The molecular weight excluding hydrogens is 302 g/mol. The van der Waals surface area contributed by atoms with Crippen molar-refractivity contribution in [3.8, 4) is 11.3 Å². The van der Waals surface area contributed by atoms with Crippen LogP contribution in [0.2, 0.25) is 0 Å². The lowest BCUT2D eigenvalue weighted by molar-refractivity contribution is 0.153. The molecule has 0 saturated heterocycles. The Morgan fingerprint density at radius 2 is 2.12 bits per heavy atom. The van der Waals surface area contributed by atoms with E-state index in [1.165, 1.54) is 11.1 Å². The summed E-state index contributed by atoms with van der Waals surface area (Å²) in [6.07, 6.45) is 6.98. The van der Waals surface area contributed by atoms with Crippen LogP contribution in [-0.2, 0) is 0 Å². The SMILES string of the molecule is OC(CC1c2ccccc2-c2cncn21)c1cnc2occc2c1. The van der Waals surface area contributed by atoms with Crippen LogP contribution in [0.5, 0.6) is 0 Å². The van der Waals surface area contributed by atoms with Crippen molar-refractivity contribution in [1.29, 1.82) is 0 Å². The maximum atomic E-state index is 10.8. The van der Waals surface area contributed by atoms with Gasteiger partial charge in [0.1, 0.15) is 0 Å². The molecule has 1 aliphatic heterocycles. The lowest BCUT2D eigenvalue weighted by Gasteiger charge is -2.19. The third-order valence-electron chi connectivity index (χ3n) is 4.76. The van der Waals surface area contributed by atoms with E-state index in [0.717, 1.165) is 16.6 Å². The Morgan fingerprint density at radius 3 is 3.08 bits per heavy atom. The van der Waals surface area contributed by atoms with Gasteiger partial charge in [0.05, 0.1) is 36.6 Å². The second-order valence-electron chi connectivity index (χ2n) is 6.12. The summed E-state index contributed by atoms with van der Waals surface area (Å²) in [5.41, 5.74) is 4.91. The number of fused-ring (bicyclic) bond motifs is 4. The van der Waals surface area contributed by atoms with E-state index < -0.39 is 6.10 Å². The first-order valence-electron chi connectivity index (χ1n) is 7.93. The highest BCUT2D eigenvalue weighted by Crippen LogP contribution is 2.42. The van der Waals surface area contributed by atoms with Crippen molar-refractivity contribution >= 4 is 11.1 Å². The van der Waals surface area contributed by atoms with Crippen LogP contribution in [-0.4, -0.2) is 19.6 Å². The molecule has 1 aliphatic rings. The van der Waals surface area contributed by atoms with E-state index in [0.29, 0.717) is 12.1 Å². The molecule has 0 aliphatic carbocycles. The Morgan fingerprint density at radius 1 is 1.21 bits per heavy atom. The summed E-state index contributed by atoms with van der Waals surface area (Å²) >= 11 is 0. The molecule has 0 saturated carbocycles. The molecule has 0 bridgehead atoms. The standard InChI is InChI=1S/C19H15N3O2/c23-18(13-7-12-5-6-24-19(12)21-9-13)8-16-14-3-1-2-4-15(14)17-10-20-11-22(16)17/h1-7,9-11,16,18,23H,8H2.